The zero-order chi connectivity index (χ0) is 19.2. The van der Waals surface area contributed by atoms with Gasteiger partial charge in [-0.05, 0) is 41.5 Å². The fourth-order valence-corrected chi connectivity index (χ4v) is 2.74. The van der Waals surface area contributed by atoms with Crippen LogP contribution in [0.1, 0.15) is 21.5 Å². The summed E-state index contributed by atoms with van der Waals surface area (Å²) in [5.74, 6) is -0.585. The Hall–Kier alpha value is -2.89. The van der Waals surface area contributed by atoms with Gasteiger partial charge in [-0.15, -0.1) is 0 Å². The molecule has 136 valence electrons. The molecule has 1 N–H and O–H groups in total. The highest BCUT2D eigenvalue weighted by atomic mass is 35.5. The molecule has 3 aromatic rings. The first-order chi connectivity index (χ1) is 13.0. The zero-order valence-corrected chi connectivity index (χ0v) is 15.6. The topological polar surface area (TPSA) is 63.5 Å². The maximum atomic E-state index is 12.6. The smallest absolute Gasteiger partial charge is 0.276 e. The molecule has 27 heavy (non-hydrogen) atoms. The van der Waals surface area contributed by atoms with Crippen molar-refractivity contribution in [2.45, 2.75) is 6.54 Å². The van der Waals surface area contributed by atoms with Crippen LogP contribution in [0.4, 0.5) is 0 Å². The summed E-state index contributed by atoms with van der Waals surface area (Å²) < 4.78 is 1.43. The van der Waals surface area contributed by atoms with Gasteiger partial charge in [-0.25, -0.2) is 5.43 Å². The van der Waals surface area contributed by atoms with E-state index in [0.29, 0.717) is 10.0 Å². The van der Waals surface area contributed by atoms with Gasteiger partial charge in [-0.2, -0.15) is 5.10 Å². The number of nitrogens with zero attached hydrogens (tertiary/aromatic N) is 2. The standard InChI is InChI=1S/C20H15Cl2N3O2/c21-16-9-7-14(8-10-16)12-23-24-19(26)17-5-3-11-25(20(17)27)13-15-4-1-2-6-18(15)22/h1-12H,13H2,(H,24,26)/b23-12-. The van der Waals surface area contributed by atoms with E-state index in [4.69, 9.17) is 23.2 Å². The number of halogens is 2. The third-order valence-electron chi connectivity index (χ3n) is 3.81. The second-order valence-corrected chi connectivity index (χ2v) is 6.54. The zero-order valence-electron chi connectivity index (χ0n) is 14.1. The molecule has 0 aliphatic heterocycles. The minimum absolute atomic E-state index is 0.00203. The predicted molar refractivity (Wildman–Crippen MR) is 108 cm³/mol. The molecule has 3 rings (SSSR count). The summed E-state index contributed by atoms with van der Waals surface area (Å²) in [6.45, 7) is 0.271. The number of carbonyl (C=O) groups excluding carboxylic acids is 1. The minimum Gasteiger partial charge on any atom is -0.310 e. The first kappa shape index (κ1) is 18.9. The van der Waals surface area contributed by atoms with Crippen molar-refractivity contribution in [3.63, 3.8) is 0 Å². The first-order valence-corrected chi connectivity index (χ1v) is 8.82. The number of amides is 1. The normalized spacial score (nSPS) is 10.9. The highest BCUT2D eigenvalue weighted by Crippen LogP contribution is 2.15. The third kappa shape index (κ3) is 4.84. The molecule has 0 atom stereocenters. The van der Waals surface area contributed by atoms with E-state index in [1.54, 1.807) is 42.6 Å². The Bertz CT molecular complexity index is 1040. The Labute approximate surface area is 165 Å². The fourth-order valence-electron chi connectivity index (χ4n) is 2.42. The van der Waals surface area contributed by atoms with Gasteiger partial charge in [-0.1, -0.05) is 53.5 Å². The molecule has 0 fully saturated rings. The van der Waals surface area contributed by atoms with E-state index >= 15 is 0 Å². The molecule has 0 unspecified atom stereocenters. The molecule has 2 aromatic carbocycles. The van der Waals surface area contributed by atoms with Gasteiger partial charge in [0.2, 0.25) is 0 Å². The molecule has 1 aromatic heterocycles. The summed E-state index contributed by atoms with van der Waals surface area (Å²) in [6, 6.07) is 17.3. The van der Waals surface area contributed by atoms with Gasteiger partial charge in [0.25, 0.3) is 11.5 Å². The van der Waals surface area contributed by atoms with Crippen LogP contribution in [0.15, 0.2) is 76.8 Å². The van der Waals surface area contributed by atoms with E-state index < -0.39 is 11.5 Å². The van der Waals surface area contributed by atoms with Crippen molar-refractivity contribution in [3.8, 4) is 0 Å². The van der Waals surface area contributed by atoms with Crippen LogP contribution in [-0.2, 0) is 6.54 Å². The molecule has 7 heteroatoms. The van der Waals surface area contributed by atoms with E-state index in [1.165, 1.54) is 16.8 Å². The number of aromatic nitrogens is 1. The minimum atomic E-state index is -0.585. The maximum absolute atomic E-state index is 12.6. The van der Waals surface area contributed by atoms with E-state index in [0.717, 1.165) is 11.1 Å². The van der Waals surface area contributed by atoms with Crippen LogP contribution in [0.3, 0.4) is 0 Å². The van der Waals surface area contributed by atoms with Crippen molar-refractivity contribution < 1.29 is 4.79 Å². The second kappa shape index (κ2) is 8.66. The largest absolute Gasteiger partial charge is 0.310 e. The highest BCUT2D eigenvalue weighted by Gasteiger charge is 2.12. The van der Waals surface area contributed by atoms with Crippen molar-refractivity contribution >= 4 is 35.3 Å². The number of hydrogen-bond acceptors (Lipinski definition) is 3. The maximum Gasteiger partial charge on any atom is 0.276 e. The van der Waals surface area contributed by atoms with Crippen LogP contribution in [0, 0.1) is 0 Å². The van der Waals surface area contributed by atoms with Gasteiger partial charge in [0.15, 0.2) is 0 Å². The van der Waals surface area contributed by atoms with Crippen LogP contribution in [-0.4, -0.2) is 16.7 Å². The van der Waals surface area contributed by atoms with E-state index in [2.05, 4.69) is 10.5 Å². The van der Waals surface area contributed by atoms with Gasteiger partial charge >= 0.3 is 0 Å². The molecule has 0 aliphatic carbocycles. The second-order valence-electron chi connectivity index (χ2n) is 5.70. The molecule has 0 saturated carbocycles. The molecular weight excluding hydrogens is 385 g/mol. The summed E-state index contributed by atoms with van der Waals surface area (Å²) >= 11 is 12.0. The molecule has 0 spiro atoms. The molecule has 5 nitrogen and oxygen atoms in total. The molecule has 0 bridgehead atoms. The number of hydrogen-bond donors (Lipinski definition) is 1. The Kier molecular flexibility index (Phi) is 6.06. The average molecular weight is 400 g/mol. The number of hydrazone groups is 1. The molecule has 0 radical (unpaired) electrons. The fraction of sp³-hybridized carbons (Fsp3) is 0.0500. The van der Waals surface area contributed by atoms with Crippen LogP contribution < -0.4 is 11.0 Å². The molecular formula is C20H15Cl2N3O2. The summed E-state index contributed by atoms with van der Waals surface area (Å²) in [5.41, 5.74) is 3.50. The lowest BCUT2D eigenvalue weighted by atomic mass is 10.2. The Morgan fingerprint density at radius 3 is 2.52 bits per heavy atom. The number of benzene rings is 2. The molecule has 0 aliphatic rings. The van der Waals surface area contributed by atoms with Gasteiger partial charge < -0.3 is 4.57 Å². The molecule has 1 amide bonds. The number of nitrogens with one attached hydrogen (secondary N) is 1. The van der Waals surface area contributed by atoms with E-state index in [1.807, 2.05) is 18.2 Å². The Morgan fingerprint density at radius 2 is 1.78 bits per heavy atom. The lowest BCUT2D eigenvalue weighted by Gasteiger charge is -2.09. The van der Waals surface area contributed by atoms with E-state index in [-0.39, 0.29) is 12.1 Å². The lowest BCUT2D eigenvalue weighted by molar-refractivity contribution is 0.0953. The van der Waals surface area contributed by atoms with Crippen molar-refractivity contribution in [1.82, 2.24) is 9.99 Å². The number of carbonyl (C=O) groups is 1. The monoisotopic (exact) mass is 399 g/mol. The molecule has 0 saturated heterocycles. The van der Waals surface area contributed by atoms with Gasteiger partial charge in [0.1, 0.15) is 5.56 Å². The average Bonchev–Trinajstić information content (AvgIpc) is 2.66. The molecule has 1 heterocycles. The van der Waals surface area contributed by atoms with Gasteiger partial charge in [0.05, 0.1) is 12.8 Å². The number of pyridine rings is 1. The quantitative estimate of drug-likeness (QED) is 0.521. The third-order valence-corrected chi connectivity index (χ3v) is 4.43. The predicted octanol–water partition coefficient (Wildman–Crippen LogP) is 3.97. The van der Waals surface area contributed by atoms with E-state index in [9.17, 15) is 9.59 Å². The first-order valence-electron chi connectivity index (χ1n) is 8.06. The summed E-state index contributed by atoms with van der Waals surface area (Å²) in [4.78, 5) is 24.9. The highest BCUT2D eigenvalue weighted by molar-refractivity contribution is 6.31. The van der Waals surface area contributed by atoms with Crippen LogP contribution in [0.2, 0.25) is 10.0 Å². The van der Waals surface area contributed by atoms with Gasteiger partial charge in [-0.3, -0.25) is 9.59 Å². The van der Waals surface area contributed by atoms with Crippen LogP contribution in [0.25, 0.3) is 0 Å². The van der Waals surface area contributed by atoms with Crippen molar-refractivity contribution in [2.75, 3.05) is 0 Å². The SMILES string of the molecule is O=C(N/N=C\c1ccc(Cl)cc1)c1cccn(Cc2ccccc2Cl)c1=O. The van der Waals surface area contributed by atoms with Gasteiger partial charge in [0, 0.05) is 16.2 Å². The summed E-state index contributed by atoms with van der Waals surface area (Å²) in [7, 11) is 0. The lowest BCUT2D eigenvalue weighted by Crippen LogP contribution is -2.30. The Morgan fingerprint density at radius 1 is 1.04 bits per heavy atom. The van der Waals surface area contributed by atoms with Crippen molar-refractivity contribution in [3.05, 3.63) is 104 Å². The summed E-state index contributed by atoms with van der Waals surface area (Å²) in [5, 5.41) is 5.05. The summed E-state index contributed by atoms with van der Waals surface area (Å²) in [6.07, 6.45) is 3.08. The van der Waals surface area contributed by atoms with Crippen LogP contribution in [0.5, 0.6) is 0 Å². The number of rotatable bonds is 5. The van der Waals surface area contributed by atoms with Crippen LogP contribution >= 0.6 is 23.2 Å². The van der Waals surface area contributed by atoms with Crippen molar-refractivity contribution in [1.29, 1.82) is 0 Å². The Balaban J connectivity index is 1.74. The van der Waals surface area contributed by atoms with Crippen molar-refractivity contribution in [2.24, 2.45) is 5.10 Å².